The van der Waals surface area contributed by atoms with Gasteiger partial charge in [0.15, 0.2) is 0 Å². The molecule has 1 aromatic rings. The fourth-order valence-electron chi connectivity index (χ4n) is 2.25. The van der Waals surface area contributed by atoms with Crippen molar-refractivity contribution < 1.29 is 4.92 Å². The lowest BCUT2D eigenvalue weighted by molar-refractivity contribution is -0.385. The third-order valence-corrected chi connectivity index (χ3v) is 3.37. The molecule has 1 aliphatic heterocycles. The average molecular weight is 389 g/mol. The van der Waals surface area contributed by atoms with Crippen LogP contribution < -0.4 is 10.6 Å². The molecule has 2 rings (SSSR count). The molecule has 0 saturated carbocycles. The summed E-state index contributed by atoms with van der Waals surface area (Å²) in [6, 6.07) is 3.08. The number of anilines is 1. The standard InChI is InChI=1S/C13H21N5O2.3ClH/c19-18(20)12-3-4-13(16-11-12)15-6-5-14-7-10-17-8-1-2-9-17;;;/h3-4,11,14H,1-2,5-10H2,(H,15,16);3*1H. The minimum atomic E-state index is -0.448. The molecular formula is C13H24Cl3N5O2. The maximum Gasteiger partial charge on any atom is 0.287 e. The predicted octanol–water partition coefficient (Wildman–Crippen LogP) is 2.35. The van der Waals surface area contributed by atoms with Gasteiger partial charge in [0.2, 0.25) is 0 Å². The van der Waals surface area contributed by atoms with Crippen molar-refractivity contribution in [3.8, 4) is 0 Å². The Hall–Kier alpha value is -0.860. The minimum Gasteiger partial charge on any atom is -0.369 e. The molecule has 134 valence electrons. The van der Waals surface area contributed by atoms with E-state index < -0.39 is 4.92 Å². The molecule has 0 atom stereocenters. The molecule has 0 aliphatic carbocycles. The summed E-state index contributed by atoms with van der Waals surface area (Å²) in [6.45, 7) is 6.17. The molecule has 10 heteroatoms. The van der Waals surface area contributed by atoms with Crippen molar-refractivity contribution in [1.82, 2.24) is 15.2 Å². The summed E-state index contributed by atoms with van der Waals surface area (Å²) < 4.78 is 0. The molecular weight excluding hydrogens is 365 g/mol. The van der Waals surface area contributed by atoms with Gasteiger partial charge in [-0.15, -0.1) is 37.2 Å². The van der Waals surface area contributed by atoms with E-state index in [0.717, 1.165) is 26.2 Å². The average Bonchev–Trinajstić information content (AvgIpc) is 2.96. The first-order valence-electron chi connectivity index (χ1n) is 7.03. The number of nitrogens with zero attached hydrogens (tertiary/aromatic N) is 3. The van der Waals surface area contributed by atoms with E-state index in [9.17, 15) is 10.1 Å². The van der Waals surface area contributed by atoms with Gasteiger partial charge in [-0.2, -0.15) is 0 Å². The van der Waals surface area contributed by atoms with Crippen LogP contribution in [0.25, 0.3) is 0 Å². The smallest absolute Gasteiger partial charge is 0.287 e. The van der Waals surface area contributed by atoms with Crippen molar-refractivity contribution in [3.63, 3.8) is 0 Å². The molecule has 0 amide bonds. The number of likely N-dealkylation sites (tertiary alicyclic amines) is 1. The fourth-order valence-corrected chi connectivity index (χ4v) is 2.25. The van der Waals surface area contributed by atoms with E-state index >= 15 is 0 Å². The van der Waals surface area contributed by atoms with Gasteiger partial charge in [0.1, 0.15) is 12.0 Å². The van der Waals surface area contributed by atoms with Crippen LogP contribution in [0.3, 0.4) is 0 Å². The van der Waals surface area contributed by atoms with Crippen molar-refractivity contribution in [3.05, 3.63) is 28.4 Å². The van der Waals surface area contributed by atoms with Gasteiger partial charge >= 0.3 is 0 Å². The highest BCUT2D eigenvalue weighted by atomic mass is 35.5. The molecule has 1 saturated heterocycles. The molecule has 0 unspecified atom stereocenters. The number of nitrogens with one attached hydrogen (secondary N) is 2. The Morgan fingerprint density at radius 2 is 1.83 bits per heavy atom. The van der Waals surface area contributed by atoms with Gasteiger partial charge in [0.25, 0.3) is 5.69 Å². The van der Waals surface area contributed by atoms with E-state index in [1.54, 1.807) is 6.07 Å². The number of nitro groups is 1. The van der Waals surface area contributed by atoms with Crippen molar-refractivity contribution >= 4 is 48.7 Å². The van der Waals surface area contributed by atoms with Crippen molar-refractivity contribution in [2.75, 3.05) is 44.6 Å². The number of halogens is 3. The third kappa shape index (κ3) is 9.12. The second-order valence-electron chi connectivity index (χ2n) is 4.88. The van der Waals surface area contributed by atoms with Crippen LogP contribution in [0, 0.1) is 10.1 Å². The van der Waals surface area contributed by atoms with Gasteiger partial charge in [-0.3, -0.25) is 10.1 Å². The zero-order chi connectivity index (χ0) is 14.2. The maximum absolute atomic E-state index is 10.5. The molecule has 2 heterocycles. The Morgan fingerprint density at radius 3 is 2.39 bits per heavy atom. The molecule has 23 heavy (non-hydrogen) atoms. The van der Waals surface area contributed by atoms with Crippen LogP contribution in [0.1, 0.15) is 12.8 Å². The quantitative estimate of drug-likeness (QED) is 0.404. The van der Waals surface area contributed by atoms with Crippen LogP contribution in [-0.4, -0.2) is 54.1 Å². The summed E-state index contributed by atoms with van der Waals surface area (Å²) in [4.78, 5) is 16.5. The van der Waals surface area contributed by atoms with Crippen molar-refractivity contribution in [1.29, 1.82) is 0 Å². The largest absolute Gasteiger partial charge is 0.369 e. The second-order valence-corrected chi connectivity index (χ2v) is 4.88. The highest BCUT2D eigenvalue weighted by Gasteiger charge is 2.09. The van der Waals surface area contributed by atoms with Gasteiger partial charge in [-0.05, 0) is 32.0 Å². The first-order valence-corrected chi connectivity index (χ1v) is 7.03. The number of hydrogen-bond donors (Lipinski definition) is 2. The van der Waals surface area contributed by atoms with Crippen LogP contribution in [0.5, 0.6) is 0 Å². The Kier molecular flexibility index (Phi) is 14.4. The molecule has 0 aromatic carbocycles. The third-order valence-electron chi connectivity index (χ3n) is 3.37. The summed E-state index contributed by atoms with van der Waals surface area (Å²) in [6.07, 6.45) is 3.92. The topological polar surface area (TPSA) is 83.3 Å². The lowest BCUT2D eigenvalue weighted by Gasteiger charge is -2.14. The number of aromatic nitrogens is 1. The van der Waals surface area contributed by atoms with Gasteiger partial charge in [0, 0.05) is 32.2 Å². The maximum atomic E-state index is 10.5. The number of pyridine rings is 1. The Morgan fingerprint density at radius 1 is 1.13 bits per heavy atom. The summed E-state index contributed by atoms with van der Waals surface area (Å²) in [5, 5.41) is 17.0. The predicted molar refractivity (Wildman–Crippen MR) is 99.7 cm³/mol. The van der Waals surface area contributed by atoms with Crippen LogP contribution in [-0.2, 0) is 0 Å². The van der Waals surface area contributed by atoms with Gasteiger partial charge in [-0.25, -0.2) is 4.98 Å². The van der Waals surface area contributed by atoms with Gasteiger partial charge in [0.05, 0.1) is 4.92 Å². The van der Waals surface area contributed by atoms with E-state index in [0.29, 0.717) is 5.82 Å². The van der Waals surface area contributed by atoms with Crippen molar-refractivity contribution in [2.45, 2.75) is 12.8 Å². The molecule has 1 aromatic heterocycles. The SMILES string of the molecule is Cl.Cl.Cl.O=[N+]([O-])c1ccc(NCCNCCN2CCCC2)nc1. The minimum absolute atomic E-state index is 0. The second kappa shape index (κ2) is 13.6. The molecule has 1 fully saturated rings. The monoisotopic (exact) mass is 387 g/mol. The highest BCUT2D eigenvalue weighted by molar-refractivity contribution is 5.86. The summed E-state index contributed by atoms with van der Waals surface area (Å²) in [5.74, 6) is 0.664. The highest BCUT2D eigenvalue weighted by Crippen LogP contribution is 2.11. The van der Waals surface area contributed by atoms with Crippen LogP contribution in [0.4, 0.5) is 11.5 Å². The van der Waals surface area contributed by atoms with E-state index in [1.807, 2.05) is 0 Å². The van der Waals surface area contributed by atoms with Crippen LogP contribution in [0.2, 0.25) is 0 Å². The van der Waals surface area contributed by atoms with E-state index in [4.69, 9.17) is 0 Å². The van der Waals surface area contributed by atoms with E-state index in [2.05, 4.69) is 20.5 Å². The zero-order valence-electron chi connectivity index (χ0n) is 12.8. The van der Waals surface area contributed by atoms with Crippen LogP contribution >= 0.6 is 37.2 Å². The Bertz CT molecular complexity index is 430. The summed E-state index contributed by atoms with van der Waals surface area (Å²) >= 11 is 0. The molecule has 0 bridgehead atoms. The van der Waals surface area contributed by atoms with Gasteiger partial charge in [-0.1, -0.05) is 0 Å². The first kappa shape index (κ1) is 24.4. The van der Waals surface area contributed by atoms with Gasteiger partial charge < -0.3 is 15.5 Å². The molecule has 1 aliphatic rings. The van der Waals surface area contributed by atoms with Crippen molar-refractivity contribution in [2.24, 2.45) is 0 Å². The summed E-state index contributed by atoms with van der Waals surface area (Å²) in [7, 11) is 0. The van der Waals surface area contributed by atoms with E-state index in [1.165, 1.54) is 38.2 Å². The van der Waals surface area contributed by atoms with E-state index in [-0.39, 0.29) is 42.9 Å². The molecule has 2 N–H and O–H groups in total. The molecule has 7 nitrogen and oxygen atoms in total. The molecule has 0 radical (unpaired) electrons. The lowest BCUT2D eigenvalue weighted by atomic mass is 10.4. The number of hydrogen-bond acceptors (Lipinski definition) is 6. The lowest BCUT2D eigenvalue weighted by Crippen LogP contribution is -2.32. The Balaban J connectivity index is 0. The molecule has 0 spiro atoms. The summed E-state index contributed by atoms with van der Waals surface area (Å²) in [5.41, 5.74) is 0.0132. The van der Waals surface area contributed by atoms with Crippen LogP contribution in [0.15, 0.2) is 18.3 Å². The number of rotatable bonds is 8. The normalized spacial score (nSPS) is 13.4. The first-order chi connectivity index (χ1) is 9.75. The Labute approximate surface area is 155 Å². The fraction of sp³-hybridized carbons (Fsp3) is 0.615. The zero-order valence-corrected chi connectivity index (χ0v) is 15.2.